The van der Waals surface area contributed by atoms with Gasteiger partial charge in [-0.15, -0.1) is 0 Å². The molecular weight excluding hydrogens is 312 g/mol. The van der Waals surface area contributed by atoms with E-state index in [0.29, 0.717) is 6.54 Å². The number of hydrogen-bond donors (Lipinski definition) is 0. The van der Waals surface area contributed by atoms with Gasteiger partial charge in [0.15, 0.2) is 12.2 Å². The van der Waals surface area contributed by atoms with Crippen LogP contribution in [0.25, 0.3) is 11.3 Å². The highest BCUT2D eigenvalue weighted by Crippen LogP contribution is 2.23. The van der Waals surface area contributed by atoms with Crippen LogP contribution in [0.2, 0.25) is 0 Å². The van der Waals surface area contributed by atoms with Gasteiger partial charge in [0.25, 0.3) is 0 Å². The van der Waals surface area contributed by atoms with E-state index < -0.39 is 0 Å². The molecule has 0 bridgehead atoms. The van der Waals surface area contributed by atoms with Gasteiger partial charge in [-0.25, -0.2) is 4.98 Å². The first kappa shape index (κ1) is 15.7. The Bertz CT molecular complexity index is 869. The zero-order valence-electron chi connectivity index (χ0n) is 14.2. The monoisotopic (exact) mass is 332 g/mol. The zero-order valence-corrected chi connectivity index (χ0v) is 14.2. The molecule has 0 unspecified atom stereocenters. The SMILES string of the molecule is CN1CCc2cc(CN=Nc3ccc(-c4cnco4)cc3)ccc2C1. The Morgan fingerprint density at radius 1 is 1.12 bits per heavy atom. The molecule has 0 amide bonds. The lowest BCUT2D eigenvalue weighted by Crippen LogP contribution is -2.26. The summed E-state index contributed by atoms with van der Waals surface area (Å²) in [7, 11) is 2.17. The summed E-state index contributed by atoms with van der Waals surface area (Å²) < 4.78 is 5.28. The van der Waals surface area contributed by atoms with E-state index in [1.807, 2.05) is 24.3 Å². The van der Waals surface area contributed by atoms with Gasteiger partial charge in [0, 0.05) is 18.7 Å². The van der Waals surface area contributed by atoms with Crippen LogP contribution in [-0.4, -0.2) is 23.5 Å². The van der Waals surface area contributed by atoms with E-state index in [9.17, 15) is 0 Å². The number of benzene rings is 2. The van der Waals surface area contributed by atoms with Crippen molar-refractivity contribution in [3.63, 3.8) is 0 Å². The lowest BCUT2D eigenvalue weighted by atomic mass is 9.98. The van der Waals surface area contributed by atoms with E-state index in [4.69, 9.17) is 4.42 Å². The number of rotatable bonds is 4. The van der Waals surface area contributed by atoms with Crippen molar-refractivity contribution in [2.24, 2.45) is 10.2 Å². The van der Waals surface area contributed by atoms with Gasteiger partial charge in [-0.3, -0.25) is 0 Å². The molecule has 1 aromatic heterocycles. The van der Waals surface area contributed by atoms with E-state index in [0.717, 1.165) is 36.5 Å². The summed E-state index contributed by atoms with van der Waals surface area (Å²) in [5, 5.41) is 8.67. The number of likely N-dealkylation sites (N-methyl/N-ethyl adjacent to an activating group) is 1. The highest BCUT2D eigenvalue weighted by atomic mass is 16.3. The molecule has 0 saturated carbocycles. The summed E-state index contributed by atoms with van der Waals surface area (Å²) in [6.45, 7) is 2.76. The Kier molecular flexibility index (Phi) is 4.39. The summed E-state index contributed by atoms with van der Waals surface area (Å²) in [6, 6.07) is 14.4. The minimum atomic E-state index is 0.604. The molecule has 3 aromatic rings. The van der Waals surface area contributed by atoms with Crippen LogP contribution < -0.4 is 0 Å². The summed E-state index contributed by atoms with van der Waals surface area (Å²) in [4.78, 5) is 6.28. The van der Waals surface area contributed by atoms with Gasteiger partial charge in [0.2, 0.25) is 0 Å². The van der Waals surface area contributed by atoms with Gasteiger partial charge in [-0.1, -0.05) is 18.2 Å². The molecule has 0 aliphatic carbocycles. The molecular formula is C20H20N4O. The quantitative estimate of drug-likeness (QED) is 0.655. The van der Waals surface area contributed by atoms with Crippen LogP contribution in [0.15, 0.2) is 69.7 Å². The molecule has 2 heterocycles. The van der Waals surface area contributed by atoms with Crippen LogP contribution in [0, 0.1) is 0 Å². The molecule has 0 saturated heterocycles. The van der Waals surface area contributed by atoms with Gasteiger partial charge < -0.3 is 9.32 Å². The largest absolute Gasteiger partial charge is 0.444 e. The lowest BCUT2D eigenvalue weighted by Gasteiger charge is -2.25. The molecule has 0 atom stereocenters. The van der Waals surface area contributed by atoms with E-state index in [-0.39, 0.29) is 0 Å². The van der Waals surface area contributed by atoms with Crippen LogP contribution in [0.4, 0.5) is 5.69 Å². The third-order valence-corrected chi connectivity index (χ3v) is 4.50. The summed E-state index contributed by atoms with van der Waals surface area (Å²) >= 11 is 0. The molecule has 5 heteroatoms. The van der Waals surface area contributed by atoms with E-state index in [2.05, 4.69) is 45.4 Å². The predicted molar refractivity (Wildman–Crippen MR) is 96.6 cm³/mol. The Morgan fingerprint density at radius 2 is 2.00 bits per heavy atom. The van der Waals surface area contributed by atoms with Crippen molar-refractivity contribution in [3.05, 3.63) is 71.7 Å². The molecule has 5 nitrogen and oxygen atoms in total. The average Bonchev–Trinajstić information content (AvgIpc) is 3.17. The Balaban J connectivity index is 1.41. The molecule has 4 rings (SSSR count). The topological polar surface area (TPSA) is 54.0 Å². The maximum atomic E-state index is 5.28. The molecule has 0 spiro atoms. The third-order valence-electron chi connectivity index (χ3n) is 4.50. The number of azo groups is 1. The minimum Gasteiger partial charge on any atom is -0.444 e. The van der Waals surface area contributed by atoms with Crippen molar-refractivity contribution in [2.45, 2.75) is 19.5 Å². The zero-order chi connectivity index (χ0) is 17.1. The normalized spacial score (nSPS) is 14.8. The van der Waals surface area contributed by atoms with Gasteiger partial charge in [-0.2, -0.15) is 10.2 Å². The van der Waals surface area contributed by atoms with Gasteiger partial charge in [-0.05, 0) is 54.4 Å². The molecule has 0 N–H and O–H groups in total. The fourth-order valence-electron chi connectivity index (χ4n) is 3.10. The molecule has 2 aromatic carbocycles. The van der Waals surface area contributed by atoms with Crippen LogP contribution in [0.1, 0.15) is 16.7 Å². The average molecular weight is 332 g/mol. The number of fused-ring (bicyclic) bond motifs is 1. The molecule has 0 radical (unpaired) electrons. The van der Waals surface area contributed by atoms with Crippen LogP contribution in [0.3, 0.4) is 0 Å². The standard InChI is InChI=1S/C20H20N4O/c1-24-9-8-17-10-15(2-3-18(17)13-24)11-22-23-19-6-4-16(5-7-19)20-12-21-14-25-20/h2-7,10,12,14H,8-9,11,13H2,1H3. The maximum absolute atomic E-state index is 5.28. The number of hydrogen-bond acceptors (Lipinski definition) is 5. The van der Waals surface area contributed by atoms with Crippen molar-refractivity contribution in [1.29, 1.82) is 0 Å². The van der Waals surface area contributed by atoms with Gasteiger partial charge in [0.05, 0.1) is 18.4 Å². The molecule has 126 valence electrons. The fourth-order valence-corrected chi connectivity index (χ4v) is 3.10. The van der Waals surface area contributed by atoms with Crippen molar-refractivity contribution < 1.29 is 4.42 Å². The second-order valence-corrected chi connectivity index (χ2v) is 6.40. The Hall–Kier alpha value is -2.79. The van der Waals surface area contributed by atoms with Crippen LogP contribution in [0.5, 0.6) is 0 Å². The van der Waals surface area contributed by atoms with Crippen LogP contribution >= 0.6 is 0 Å². The third kappa shape index (κ3) is 3.67. The maximum Gasteiger partial charge on any atom is 0.181 e. The Morgan fingerprint density at radius 3 is 2.80 bits per heavy atom. The minimum absolute atomic E-state index is 0.604. The number of oxazole rings is 1. The van der Waals surface area contributed by atoms with Crippen LogP contribution in [-0.2, 0) is 19.5 Å². The first-order valence-corrected chi connectivity index (χ1v) is 8.43. The van der Waals surface area contributed by atoms with E-state index in [1.54, 1.807) is 6.20 Å². The van der Waals surface area contributed by atoms with Crippen molar-refractivity contribution >= 4 is 5.69 Å². The van der Waals surface area contributed by atoms with Gasteiger partial charge >= 0.3 is 0 Å². The lowest BCUT2D eigenvalue weighted by molar-refractivity contribution is 0.313. The summed E-state index contributed by atoms with van der Waals surface area (Å²) in [6.07, 6.45) is 4.24. The smallest absolute Gasteiger partial charge is 0.181 e. The first-order valence-electron chi connectivity index (χ1n) is 8.43. The van der Waals surface area contributed by atoms with Crippen molar-refractivity contribution in [3.8, 4) is 11.3 Å². The first-order chi connectivity index (χ1) is 12.3. The Labute approximate surface area is 147 Å². The second kappa shape index (κ2) is 6.99. The fraction of sp³-hybridized carbons (Fsp3) is 0.250. The molecule has 25 heavy (non-hydrogen) atoms. The predicted octanol–water partition coefficient (Wildman–Crippen LogP) is 4.61. The van der Waals surface area contributed by atoms with Crippen molar-refractivity contribution in [1.82, 2.24) is 9.88 Å². The second-order valence-electron chi connectivity index (χ2n) is 6.40. The van der Waals surface area contributed by atoms with E-state index in [1.165, 1.54) is 23.1 Å². The van der Waals surface area contributed by atoms with Gasteiger partial charge in [0.1, 0.15) is 0 Å². The molecule has 1 aliphatic rings. The highest BCUT2D eigenvalue weighted by molar-refractivity contribution is 5.59. The van der Waals surface area contributed by atoms with Crippen molar-refractivity contribution in [2.75, 3.05) is 13.6 Å². The number of aromatic nitrogens is 1. The molecule has 0 fully saturated rings. The summed E-state index contributed by atoms with van der Waals surface area (Å²) in [5.74, 6) is 0.753. The summed E-state index contributed by atoms with van der Waals surface area (Å²) in [5.41, 5.74) is 5.91. The number of nitrogens with zero attached hydrogens (tertiary/aromatic N) is 4. The van der Waals surface area contributed by atoms with E-state index >= 15 is 0 Å². The molecule has 1 aliphatic heterocycles. The highest BCUT2D eigenvalue weighted by Gasteiger charge is 2.12.